The Bertz CT molecular complexity index is 406. The number of benzene rings is 1. The molecule has 1 fully saturated rings. The van der Waals surface area contributed by atoms with Crippen LogP contribution in [0, 0.1) is 13.8 Å². The summed E-state index contributed by atoms with van der Waals surface area (Å²) >= 11 is 0. The SMILES string of the molecule is Cc1cc(C)cc(N2CC(C)NC(CN(C)C)C2)c1. The molecule has 1 aromatic rings. The van der Waals surface area contributed by atoms with Gasteiger partial charge in [-0.15, -0.1) is 0 Å². The maximum Gasteiger partial charge on any atom is 0.0373 e. The fourth-order valence-electron chi connectivity index (χ4n) is 3.07. The molecular weight excluding hydrogens is 234 g/mol. The van der Waals surface area contributed by atoms with Crippen LogP contribution in [0.1, 0.15) is 18.1 Å². The van der Waals surface area contributed by atoms with Crippen molar-refractivity contribution in [2.24, 2.45) is 0 Å². The number of piperazine rings is 1. The van der Waals surface area contributed by atoms with Gasteiger partial charge >= 0.3 is 0 Å². The van der Waals surface area contributed by atoms with Gasteiger partial charge in [-0.25, -0.2) is 0 Å². The van der Waals surface area contributed by atoms with Gasteiger partial charge in [0.25, 0.3) is 0 Å². The summed E-state index contributed by atoms with van der Waals surface area (Å²) in [4.78, 5) is 4.78. The Morgan fingerprint density at radius 2 is 1.79 bits per heavy atom. The predicted molar refractivity (Wildman–Crippen MR) is 83.1 cm³/mol. The largest absolute Gasteiger partial charge is 0.368 e. The summed E-state index contributed by atoms with van der Waals surface area (Å²) < 4.78 is 0. The first-order chi connectivity index (χ1) is 8.94. The minimum atomic E-state index is 0.541. The highest BCUT2D eigenvalue weighted by Gasteiger charge is 2.24. The molecule has 106 valence electrons. The summed E-state index contributed by atoms with van der Waals surface area (Å²) in [6.45, 7) is 9.90. The topological polar surface area (TPSA) is 18.5 Å². The molecule has 0 bridgehead atoms. The van der Waals surface area contributed by atoms with E-state index >= 15 is 0 Å². The third-order valence-corrected chi connectivity index (χ3v) is 3.61. The van der Waals surface area contributed by atoms with Crippen LogP contribution >= 0.6 is 0 Å². The van der Waals surface area contributed by atoms with Crippen molar-refractivity contribution < 1.29 is 0 Å². The zero-order valence-electron chi connectivity index (χ0n) is 12.9. The number of likely N-dealkylation sites (N-methyl/N-ethyl adjacent to an activating group) is 1. The Morgan fingerprint density at radius 1 is 1.16 bits per heavy atom. The first-order valence-corrected chi connectivity index (χ1v) is 7.18. The van der Waals surface area contributed by atoms with Crippen LogP contribution in [-0.2, 0) is 0 Å². The summed E-state index contributed by atoms with van der Waals surface area (Å²) in [5.41, 5.74) is 4.07. The van der Waals surface area contributed by atoms with Crippen molar-refractivity contribution in [2.75, 3.05) is 38.6 Å². The number of hydrogen-bond donors (Lipinski definition) is 1. The van der Waals surface area contributed by atoms with E-state index in [1.807, 2.05) is 0 Å². The van der Waals surface area contributed by atoms with Gasteiger partial charge in [-0.1, -0.05) is 6.07 Å². The van der Waals surface area contributed by atoms with E-state index in [0.717, 1.165) is 19.6 Å². The number of anilines is 1. The molecule has 0 amide bonds. The van der Waals surface area contributed by atoms with E-state index < -0.39 is 0 Å². The van der Waals surface area contributed by atoms with E-state index in [1.165, 1.54) is 16.8 Å². The van der Waals surface area contributed by atoms with Crippen LogP contribution in [0.2, 0.25) is 0 Å². The van der Waals surface area contributed by atoms with Gasteiger partial charge in [0.05, 0.1) is 0 Å². The van der Waals surface area contributed by atoms with Gasteiger partial charge in [0.2, 0.25) is 0 Å². The molecule has 0 aliphatic carbocycles. The van der Waals surface area contributed by atoms with E-state index in [1.54, 1.807) is 0 Å². The Morgan fingerprint density at radius 3 is 2.37 bits per heavy atom. The van der Waals surface area contributed by atoms with Gasteiger partial charge in [0.15, 0.2) is 0 Å². The number of nitrogens with zero attached hydrogens (tertiary/aromatic N) is 2. The second kappa shape index (κ2) is 5.93. The monoisotopic (exact) mass is 261 g/mol. The van der Waals surface area contributed by atoms with E-state index in [4.69, 9.17) is 0 Å². The zero-order valence-corrected chi connectivity index (χ0v) is 12.9. The molecule has 2 rings (SSSR count). The Labute approximate surface area is 117 Å². The van der Waals surface area contributed by atoms with Gasteiger partial charge in [-0.05, 0) is 58.1 Å². The lowest BCUT2D eigenvalue weighted by Crippen LogP contribution is -2.58. The predicted octanol–water partition coefficient (Wildman–Crippen LogP) is 2.03. The molecule has 1 aliphatic heterocycles. The molecule has 1 aromatic carbocycles. The highest BCUT2D eigenvalue weighted by Crippen LogP contribution is 2.21. The fourth-order valence-corrected chi connectivity index (χ4v) is 3.07. The lowest BCUT2D eigenvalue weighted by Gasteiger charge is -2.40. The van der Waals surface area contributed by atoms with Crippen molar-refractivity contribution in [1.29, 1.82) is 0 Å². The number of nitrogens with one attached hydrogen (secondary N) is 1. The van der Waals surface area contributed by atoms with Crippen LogP contribution in [0.4, 0.5) is 5.69 Å². The summed E-state index contributed by atoms with van der Waals surface area (Å²) in [6.07, 6.45) is 0. The van der Waals surface area contributed by atoms with E-state index in [9.17, 15) is 0 Å². The minimum absolute atomic E-state index is 0.541. The first kappa shape index (κ1) is 14.4. The van der Waals surface area contributed by atoms with Crippen LogP contribution in [0.3, 0.4) is 0 Å². The van der Waals surface area contributed by atoms with E-state index in [2.05, 4.69) is 68.2 Å². The molecule has 1 saturated heterocycles. The molecule has 1 heterocycles. The molecule has 0 radical (unpaired) electrons. The highest BCUT2D eigenvalue weighted by atomic mass is 15.2. The third-order valence-electron chi connectivity index (χ3n) is 3.61. The average molecular weight is 261 g/mol. The van der Waals surface area contributed by atoms with Crippen molar-refractivity contribution in [1.82, 2.24) is 10.2 Å². The molecule has 2 unspecified atom stereocenters. The molecule has 2 atom stereocenters. The Hall–Kier alpha value is -1.06. The fraction of sp³-hybridized carbons (Fsp3) is 0.625. The summed E-state index contributed by atoms with van der Waals surface area (Å²) in [7, 11) is 4.28. The molecule has 0 aromatic heterocycles. The Kier molecular flexibility index (Phi) is 4.48. The van der Waals surface area contributed by atoms with Crippen LogP contribution in [0.15, 0.2) is 18.2 Å². The summed E-state index contributed by atoms with van der Waals surface area (Å²) in [6, 6.07) is 7.93. The minimum Gasteiger partial charge on any atom is -0.368 e. The second-order valence-corrected chi connectivity index (χ2v) is 6.28. The van der Waals surface area contributed by atoms with Gasteiger partial charge in [-0.2, -0.15) is 0 Å². The van der Waals surface area contributed by atoms with Crippen molar-refractivity contribution >= 4 is 5.69 Å². The number of aryl methyl sites for hydroxylation is 2. The maximum absolute atomic E-state index is 3.69. The smallest absolute Gasteiger partial charge is 0.0373 e. The molecular formula is C16H27N3. The Balaban J connectivity index is 2.14. The van der Waals surface area contributed by atoms with Gasteiger partial charge in [0, 0.05) is 37.4 Å². The molecule has 1 aliphatic rings. The first-order valence-electron chi connectivity index (χ1n) is 7.18. The molecule has 1 N–H and O–H groups in total. The number of rotatable bonds is 3. The van der Waals surface area contributed by atoms with Crippen LogP contribution in [0.5, 0.6) is 0 Å². The van der Waals surface area contributed by atoms with Gasteiger partial charge in [0.1, 0.15) is 0 Å². The highest BCUT2D eigenvalue weighted by molar-refractivity contribution is 5.51. The van der Waals surface area contributed by atoms with Crippen molar-refractivity contribution in [2.45, 2.75) is 32.9 Å². The van der Waals surface area contributed by atoms with Gasteiger partial charge in [-0.3, -0.25) is 0 Å². The lowest BCUT2D eigenvalue weighted by molar-refractivity contribution is 0.297. The molecule has 3 nitrogen and oxygen atoms in total. The van der Waals surface area contributed by atoms with Crippen LogP contribution < -0.4 is 10.2 Å². The van der Waals surface area contributed by atoms with Crippen molar-refractivity contribution in [3.05, 3.63) is 29.3 Å². The van der Waals surface area contributed by atoms with Crippen molar-refractivity contribution in [3.63, 3.8) is 0 Å². The summed E-state index contributed by atoms with van der Waals surface area (Å²) in [5, 5.41) is 3.69. The third kappa shape index (κ3) is 3.95. The molecule has 0 saturated carbocycles. The van der Waals surface area contributed by atoms with Crippen molar-refractivity contribution in [3.8, 4) is 0 Å². The summed E-state index contributed by atoms with van der Waals surface area (Å²) in [5.74, 6) is 0. The molecule has 19 heavy (non-hydrogen) atoms. The lowest BCUT2D eigenvalue weighted by atomic mass is 10.1. The van der Waals surface area contributed by atoms with E-state index in [0.29, 0.717) is 12.1 Å². The van der Waals surface area contributed by atoms with Crippen LogP contribution in [-0.4, -0.2) is 50.7 Å². The zero-order chi connectivity index (χ0) is 14.0. The van der Waals surface area contributed by atoms with Gasteiger partial charge < -0.3 is 15.1 Å². The normalized spacial score (nSPS) is 24.0. The average Bonchev–Trinajstić information content (AvgIpc) is 2.25. The number of hydrogen-bond acceptors (Lipinski definition) is 3. The van der Waals surface area contributed by atoms with Crippen LogP contribution in [0.25, 0.3) is 0 Å². The molecule has 3 heteroatoms. The maximum atomic E-state index is 3.69. The molecule has 0 spiro atoms. The standard InChI is InChI=1S/C16H27N3/c1-12-6-13(2)8-16(7-12)19-9-14(3)17-15(11-19)10-18(4)5/h6-8,14-15,17H,9-11H2,1-5H3. The second-order valence-electron chi connectivity index (χ2n) is 6.28. The van der Waals surface area contributed by atoms with E-state index in [-0.39, 0.29) is 0 Å². The quantitative estimate of drug-likeness (QED) is 0.898.